The van der Waals surface area contributed by atoms with Crippen molar-refractivity contribution in [2.75, 3.05) is 6.54 Å². The molecule has 1 aromatic heterocycles. The summed E-state index contributed by atoms with van der Waals surface area (Å²) in [6.45, 7) is 1.12. The molecule has 0 spiro atoms. The van der Waals surface area contributed by atoms with Gasteiger partial charge in [0.15, 0.2) is 0 Å². The van der Waals surface area contributed by atoms with Crippen molar-refractivity contribution in [3.05, 3.63) is 20.8 Å². The largest absolute Gasteiger partial charge is 0.314 e. The lowest BCUT2D eigenvalue weighted by Crippen LogP contribution is -2.34. The average molecular weight is 316 g/mol. The maximum Gasteiger partial charge on any atom is 0.138 e. The van der Waals surface area contributed by atoms with E-state index in [-0.39, 0.29) is 0 Å². The normalized spacial score (nSPS) is 20.4. The van der Waals surface area contributed by atoms with Gasteiger partial charge in [-0.2, -0.15) is 0 Å². The third-order valence-corrected chi connectivity index (χ3v) is 5.16. The Balaban J connectivity index is 1.72. The molecule has 17 heavy (non-hydrogen) atoms. The molecule has 1 aliphatic rings. The number of hydrogen-bond donors (Lipinski definition) is 1. The van der Waals surface area contributed by atoms with Crippen LogP contribution in [0.5, 0.6) is 0 Å². The summed E-state index contributed by atoms with van der Waals surface area (Å²) in [5.41, 5.74) is 0. The molecule has 2 rings (SSSR count). The molecular weight excluding hydrogens is 298 g/mol. The smallest absolute Gasteiger partial charge is 0.138 e. The summed E-state index contributed by atoms with van der Waals surface area (Å²) in [6, 6.07) is 2.58. The second-order valence-corrected chi connectivity index (χ2v) is 6.45. The zero-order chi connectivity index (χ0) is 12.1. The lowest BCUT2D eigenvalue weighted by Gasteiger charge is -2.22. The van der Waals surface area contributed by atoms with Gasteiger partial charge in [-0.3, -0.25) is 4.79 Å². The Morgan fingerprint density at radius 2 is 2.41 bits per heavy atom. The number of Topliss-reactive ketones (excluding diaryl/α,β-unsaturated/α-hetero) is 1. The van der Waals surface area contributed by atoms with Crippen molar-refractivity contribution in [3.8, 4) is 0 Å². The fraction of sp³-hybridized carbons (Fsp3) is 0.615. The molecule has 94 valence electrons. The van der Waals surface area contributed by atoms with Crippen LogP contribution in [0.25, 0.3) is 0 Å². The maximum atomic E-state index is 11.9. The molecule has 1 aliphatic heterocycles. The molecule has 1 fully saturated rings. The number of carbonyl (C=O) groups is 1. The number of hydrogen-bond acceptors (Lipinski definition) is 3. The van der Waals surface area contributed by atoms with Crippen LogP contribution < -0.4 is 5.32 Å². The van der Waals surface area contributed by atoms with Crippen LogP contribution in [0, 0.1) is 0 Å². The number of carbonyl (C=O) groups excluding carboxylic acids is 1. The van der Waals surface area contributed by atoms with E-state index in [0.717, 1.165) is 22.3 Å². The first-order valence-corrected chi connectivity index (χ1v) is 7.90. The lowest BCUT2D eigenvalue weighted by atomic mass is 9.98. The third-order valence-electron chi connectivity index (χ3n) is 3.23. The fourth-order valence-electron chi connectivity index (χ4n) is 2.22. The molecule has 0 aliphatic carbocycles. The summed E-state index contributed by atoms with van der Waals surface area (Å²) in [5, 5.41) is 5.51. The number of halogens is 1. The Bertz CT molecular complexity index is 371. The standard InChI is InChI=1S/C13H18BrNOS/c14-12-6-8-17-13(12)9-11(16)5-4-10-3-1-2-7-15-10/h6,8,10,15H,1-5,7,9H2. The number of rotatable bonds is 5. The van der Waals surface area contributed by atoms with Gasteiger partial charge in [0, 0.05) is 28.2 Å². The van der Waals surface area contributed by atoms with Gasteiger partial charge in [0.1, 0.15) is 5.78 Å². The summed E-state index contributed by atoms with van der Waals surface area (Å²) in [6.07, 6.45) is 6.12. The van der Waals surface area contributed by atoms with E-state index in [9.17, 15) is 4.79 Å². The number of ketones is 1. The molecule has 0 amide bonds. The predicted octanol–water partition coefficient (Wildman–Crippen LogP) is 3.54. The summed E-state index contributed by atoms with van der Waals surface area (Å²) < 4.78 is 1.08. The molecule has 0 aromatic carbocycles. The molecule has 1 saturated heterocycles. The van der Waals surface area contributed by atoms with E-state index in [1.807, 2.05) is 11.4 Å². The van der Waals surface area contributed by atoms with Crippen molar-refractivity contribution in [3.63, 3.8) is 0 Å². The molecule has 1 aromatic rings. The van der Waals surface area contributed by atoms with E-state index in [1.54, 1.807) is 11.3 Å². The SMILES string of the molecule is O=C(CCC1CCCCN1)Cc1sccc1Br. The number of piperidine rings is 1. The number of nitrogens with one attached hydrogen (secondary N) is 1. The Morgan fingerprint density at radius 3 is 3.06 bits per heavy atom. The molecule has 2 heterocycles. The molecule has 1 unspecified atom stereocenters. The summed E-state index contributed by atoms with van der Waals surface area (Å²) in [4.78, 5) is 13.0. The summed E-state index contributed by atoms with van der Waals surface area (Å²) >= 11 is 5.12. The van der Waals surface area contributed by atoms with Gasteiger partial charge < -0.3 is 5.32 Å². The first kappa shape index (κ1) is 13.2. The van der Waals surface area contributed by atoms with E-state index >= 15 is 0 Å². The van der Waals surface area contributed by atoms with E-state index in [0.29, 0.717) is 24.7 Å². The summed E-state index contributed by atoms with van der Waals surface area (Å²) in [5.74, 6) is 0.362. The van der Waals surface area contributed by atoms with Crippen LogP contribution in [0.2, 0.25) is 0 Å². The minimum Gasteiger partial charge on any atom is -0.314 e. The van der Waals surface area contributed by atoms with Crippen molar-refractivity contribution < 1.29 is 4.79 Å². The minimum atomic E-state index is 0.362. The second kappa shape index (κ2) is 6.66. The van der Waals surface area contributed by atoms with Gasteiger partial charge in [-0.15, -0.1) is 11.3 Å². The van der Waals surface area contributed by atoms with Crippen LogP contribution in [0.1, 0.15) is 37.0 Å². The topological polar surface area (TPSA) is 29.1 Å². The maximum absolute atomic E-state index is 11.9. The van der Waals surface area contributed by atoms with Crippen molar-refractivity contribution in [2.24, 2.45) is 0 Å². The Hall–Kier alpha value is -0.190. The lowest BCUT2D eigenvalue weighted by molar-refractivity contribution is -0.118. The van der Waals surface area contributed by atoms with Crippen LogP contribution in [0.15, 0.2) is 15.9 Å². The number of thiophene rings is 1. The van der Waals surface area contributed by atoms with Gasteiger partial charge in [0.05, 0.1) is 0 Å². The molecule has 0 saturated carbocycles. The highest BCUT2D eigenvalue weighted by Crippen LogP contribution is 2.24. The quantitative estimate of drug-likeness (QED) is 0.900. The highest BCUT2D eigenvalue weighted by molar-refractivity contribution is 9.10. The second-order valence-electron chi connectivity index (χ2n) is 4.59. The van der Waals surface area contributed by atoms with Gasteiger partial charge in [0.25, 0.3) is 0 Å². The Labute approximate surface area is 115 Å². The van der Waals surface area contributed by atoms with E-state index in [2.05, 4.69) is 21.2 Å². The molecule has 1 atom stereocenters. The van der Waals surface area contributed by atoms with Gasteiger partial charge >= 0.3 is 0 Å². The van der Waals surface area contributed by atoms with Crippen LogP contribution in [0.3, 0.4) is 0 Å². The van der Waals surface area contributed by atoms with Crippen LogP contribution in [0.4, 0.5) is 0 Å². The predicted molar refractivity (Wildman–Crippen MR) is 75.6 cm³/mol. The van der Waals surface area contributed by atoms with Crippen molar-refractivity contribution in [1.82, 2.24) is 5.32 Å². The van der Waals surface area contributed by atoms with Gasteiger partial charge in [-0.25, -0.2) is 0 Å². The molecular formula is C13H18BrNOS. The van der Waals surface area contributed by atoms with Crippen molar-refractivity contribution >= 4 is 33.0 Å². The van der Waals surface area contributed by atoms with Crippen LogP contribution in [-0.4, -0.2) is 18.4 Å². The first-order valence-electron chi connectivity index (χ1n) is 6.22. The van der Waals surface area contributed by atoms with Crippen LogP contribution >= 0.6 is 27.3 Å². The molecule has 1 N–H and O–H groups in total. The highest BCUT2D eigenvalue weighted by Gasteiger charge is 2.15. The van der Waals surface area contributed by atoms with E-state index < -0.39 is 0 Å². The zero-order valence-electron chi connectivity index (χ0n) is 9.88. The molecule has 2 nitrogen and oxygen atoms in total. The third kappa shape index (κ3) is 4.19. The Morgan fingerprint density at radius 1 is 1.53 bits per heavy atom. The van der Waals surface area contributed by atoms with E-state index in [4.69, 9.17) is 0 Å². The van der Waals surface area contributed by atoms with Crippen molar-refractivity contribution in [2.45, 2.75) is 44.6 Å². The van der Waals surface area contributed by atoms with Gasteiger partial charge in [-0.05, 0) is 53.2 Å². The average Bonchev–Trinajstić information content (AvgIpc) is 2.74. The van der Waals surface area contributed by atoms with Gasteiger partial charge in [0.2, 0.25) is 0 Å². The minimum absolute atomic E-state index is 0.362. The van der Waals surface area contributed by atoms with Gasteiger partial charge in [-0.1, -0.05) is 6.42 Å². The first-order chi connectivity index (χ1) is 8.25. The molecule has 0 bridgehead atoms. The highest BCUT2D eigenvalue weighted by atomic mass is 79.9. The van der Waals surface area contributed by atoms with E-state index in [1.165, 1.54) is 19.3 Å². The Kier molecular flexibility index (Phi) is 5.19. The fourth-order valence-corrected chi connectivity index (χ4v) is 3.75. The molecule has 0 radical (unpaired) electrons. The molecule has 4 heteroatoms. The monoisotopic (exact) mass is 315 g/mol. The van der Waals surface area contributed by atoms with Crippen LogP contribution in [-0.2, 0) is 11.2 Å². The van der Waals surface area contributed by atoms with Crippen molar-refractivity contribution in [1.29, 1.82) is 0 Å². The summed E-state index contributed by atoms with van der Waals surface area (Å²) in [7, 11) is 0. The zero-order valence-corrected chi connectivity index (χ0v) is 12.3.